The summed E-state index contributed by atoms with van der Waals surface area (Å²) < 4.78 is 43.6. The van der Waals surface area contributed by atoms with Crippen molar-refractivity contribution in [3.05, 3.63) is 18.2 Å². The number of hydrogen-bond donors (Lipinski definition) is 1. The number of halogens is 3. The molecule has 1 aromatic rings. The highest BCUT2D eigenvalue weighted by molar-refractivity contribution is 5.60. The van der Waals surface area contributed by atoms with Crippen molar-refractivity contribution >= 4 is 11.4 Å². The molecular weight excluding hydrogens is 281 g/mol. The van der Waals surface area contributed by atoms with E-state index in [0.29, 0.717) is 31.1 Å². The maximum Gasteiger partial charge on any atom is 0.391 e. The van der Waals surface area contributed by atoms with Gasteiger partial charge in [0.1, 0.15) is 5.75 Å². The first-order chi connectivity index (χ1) is 9.90. The lowest BCUT2D eigenvalue weighted by atomic mass is 9.96. The molecule has 1 aliphatic rings. The van der Waals surface area contributed by atoms with Gasteiger partial charge in [0.05, 0.1) is 12.5 Å². The molecule has 0 aliphatic carbocycles. The van der Waals surface area contributed by atoms with E-state index in [0.717, 1.165) is 12.1 Å². The molecule has 0 radical (unpaired) electrons. The van der Waals surface area contributed by atoms with Gasteiger partial charge >= 0.3 is 6.18 Å². The summed E-state index contributed by atoms with van der Waals surface area (Å²) in [7, 11) is 0. The highest BCUT2D eigenvalue weighted by Crippen LogP contribution is 2.36. The Hall–Kier alpha value is -1.59. The van der Waals surface area contributed by atoms with E-state index >= 15 is 0 Å². The van der Waals surface area contributed by atoms with Gasteiger partial charge in [-0.2, -0.15) is 13.2 Å². The third-order valence-corrected chi connectivity index (χ3v) is 3.71. The van der Waals surface area contributed by atoms with E-state index in [4.69, 9.17) is 10.5 Å². The van der Waals surface area contributed by atoms with E-state index in [1.165, 1.54) is 0 Å². The van der Waals surface area contributed by atoms with Gasteiger partial charge in [-0.05, 0) is 25.3 Å². The first kappa shape index (κ1) is 15.8. The van der Waals surface area contributed by atoms with Gasteiger partial charge in [0.15, 0.2) is 0 Å². The molecule has 0 bridgehead atoms. The number of nitrogens with two attached hydrogens (primary N) is 1. The molecule has 0 amide bonds. The zero-order chi connectivity index (χ0) is 15.5. The number of alkyl halides is 3. The largest absolute Gasteiger partial charge is 0.493 e. The smallest absolute Gasteiger partial charge is 0.391 e. The predicted molar refractivity (Wildman–Crippen MR) is 77.6 cm³/mol. The van der Waals surface area contributed by atoms with Crippen molar-refractivity contribution in [2.45, 2.75) is 32.4 Å². The lowest BCUT2D eigenvalue weighted by Crippen LogP contribution is -2.39. The zero-order valence-corrected chi connectivity index (χ0v) is 12.1. The number of anilines is 2. The second-order valence-corrected chi connectivity index (χ2v) is 5.41. The fourth-order valence-corrected chi connectivity index (χ4v) is 2.56. The van der Waals surface area contributed by atoms with Gasteiger partial charge < -0.3 is 15.4 Å². The molecule has 1 aromatic carbocycles. The molecule has 0 saturated carbocycles. The van der Waals surface area contributed by atoms with Gasteiger partial charge in [0, 0.05) is 36.6 Å². The molecule has 1 aliphatic heterocycles. The Morgan fingerprint density at radius 1 is 1.24 bits per heavy atom. The number of benzene rings is 1. The molecule has 118 valence electrons. The fraction of sp³-hybridized carbons (Fsp3) is 0.600. The third-order valence-electron chi connectivity index (χ3n) is 3.71. The van der Waals surface area contributed by atoms with Crippen LogP contribution in [0.3, 0.4) is 0 Å². The number of nitrogen functional groups attached to an aromatic ring is 1. The first-order valence-electron chi connectivity index (χ1n) is 7.25. The minimum absolute atomic E-state index is 0.128. The van der Waals surface area contributed by atoms with E-state index in [1.54, 1.807) is 12.1 Å². The fourth-order valence-electron chi connectivity index (χ4n) is 2.56. The zero-order valence-electron chi connectivity index (χ0n) is 12.1. The first-order valence-corrected chi connectivity index (χ1v) is 7.25. The molecule has 0 spiro atoms. The Kier molecular flexibility index (Phi) is 4.85. The van der Waals surface area contributed by atoms with Crippen LogP contribution in [0.4, 0.5) is 24.5 Å². The maximum atomic E-state index is 12.7. The summed E-state index contributed by atoms with van der Waals surface area (Å²) >= 11 is 0. The number of nitrogens with zero attached hydrogens (tertiary/aromatic N) is 1. The lowest BCUT2D eigenvalue weighted by Gasteiger charge is -2.34. The molecule has 1 saturated heterocycles. The van der Waals surface area contributed by atoms with Crippen molar-refractivity contribution in [3.63, 3.8) is 0 Å². The van der Waals surface area contributed by atoms with Crippen molar-refractivity contribution in [3.8, 4) is 5.75 Å². The van der Waals surface area contributed by atoms with Crippen molar-refractivity contribution in [2.75, 3.05) is 30.3 Å². The van der Waals surface area contributed by atoms with E-state index in [9.17, 15) is 13.2 Å². The quantitative estimate of drug-likeness (QED) is 0.859. The SMILES string of the molecule is CCCOc1cc(N)cc(N2CCC(C(F)(F)F)CC2)c1. The highest BCUT2D eigenvalue weighted by atomic mass is 19.4. The molecule has 2 N–H and O–H groups in total. The van der Waals surface area contributed by atoms with Crippen LogP contribution < -0.4 is 15.4 Å². The topological polar surface area (TPSA) is 38.5 Å². The van der Waals surface area contributed by atoms with Crippen LogP contribution in [-0.2, 0) is 0 Å². The highest BCUT2D eigenvalue weighted by Gasteiger charge is 2.41. The number of hydrogen-bond acceptors (Lipinski definition) is 3. The summed E-state index contributed by atoms with van der Waals surface area (Å²) in [5.74, 6) is -0.518. The monoisotopic (exact) mass is 302 g/mol. The van der Waals surface area contributed by atoms with E-state index < -0.39 is 12.1 Å². The third kappa shape index (κ3) is 4.19. The molecule has 2 rings (SSSR count). The van der Waals surface area contributed by atoms with Crippen LogP contribution in [0.15, 0.2) is 18.2 Å². The van der Waals surface area contributed by atoms with Crippen LogP contribution in [0.1, 0.15) is 26.2 Å². The van der Waals surface area contributed by atoms with Crippen molar-refractivity contribution in [1.29, 1.82) is 0 Å². The number of rotatable bonds is 4. The summed E-state index contributed by atoms with van der Waals surface area (Å²) in [5.41, 5.74) is 7.25. The second kappa shape index (κ2) is 6.45. The average molecular weight is 302 g/mol. The second-order valence-electron chi connectivity index (χ2n) is 5.41. The van der Waals surface area contributed by atoms with E-state index in [2.05, 4.69) is 0 Å². The van der Waals surface area contributed by atoms with Crippen molar-refractivity contribution in [2.24, 2.45) is 5.92 Å². The standard InChI is InChI=1S/C15H21F3N2O/c1-2-7-21-14-9-12(19)8-13(10-14)20-5-3-11(4-6-20)15(16,17)18/h8-11H,2-7,19H2,1H3. The minimum Gasteiger partial charge on any atom is -0.493 e. The summed E-state index contributed by atoms with van der Waals surface area (Å²) in [6.07, 6.45) is -2.94. The molecule has 0 aromatic heterocycles. The van der Waals surface area contributed by atoms with E-state index in [1.807, 2.05) is 17.9 Å². The van der Waals surface area contributed by atoms with Gasteiger partial charge in [-0.1, -0.05) is 6.92 Å². The summed E-state index contributed by atoms with van der Waals surface area (Å²) in [4.78, 5) is 1.94. The van der Waals surface area contributed by atoms with Crippen LogP contribution in [0, 0.1) is 5.92 Å². The Labute approximate surface area is 122 Å². The van der Waals surface area contributed by atoms with Crippen LogP contribution in [0.2, 0.25) is 0 Å². The van der Waals surface area contributed by atoms with Gasteiger partial charge in [-0.3, -0.25) is 0 Å². The minimum atomic E-state index is -4.09. The van der Waals surface area contributed by atoms with Gasteiger partial charge in [0.2, 0.25) is 0 Å². The Balaban J connectivity index is 2.04. The van der Waals surface area contributed by atoms with Crippen LogP contribution >= 0.6 is 0 Å². The Morgan fingerprint density at radius 2 is 1.90 bits per heavy atom. The predicted octanol–water partition coefficient (Wildman–Crippen LogP) is 3.84. The molecule has 1 fully saturated rings. The summed E-state index contributed by atoms with van der Waals surface area (Å²) in [6.45, 7) is 3.38. The summed E-state index contributed by atoms with van der Waals surface area (Å²) in [6, 6.07) is 5.37. The van der Waals surface area contributed by atoms with Crippen molar-refractivity contribution in [1.82, 2.24) is 0 Å². The molecule has 0 atom stereocenters. The van der Waals surface area contributed by atoms with Crippen LogP contribution in [0.25, 0.3) is 0 Å². The van der Waals surface area contributed by atoms with Crippen LogP contribution in [-0.4, -0.2) is 25.9 Å². The Bertz CT molecular complexity index is 468. The van der Waals surface area contributed by atoms with E-state index in [-0.39, 0.29) is 12.8 Å². The average Bonchev–Trinajstić information content (AvgIpc) is 2.44. The van der Waals surface area contributed by atoms with Crippen LogP contribution in [0.5, 0.6) is 5.75 Å². The lowest BCUT2D eigenvalue weighted by molar-refractivity contribution is -0.179. The van der Waals surface area contributed by atoms with Gasteiger partial charge in [-0.25, -0.2) is 0 Å². The molecule has 1 heterocycles. The molecule has 6 heteroatoms. The Morgan fingerprint density at radius 3 is 2.48 bits per heavy atom. The van der Waals surface area contributed by atoms with Gasteiger partial charge in [-0.15, -0.1) is 0 Å². The molecular formula is C15H21F3N2O. The van der Waals surface area contributed by atoms with Gasteiger partial charge in [0.25, 0.3) is 0 Å². The number of piperidine rings is 1. The number of ether oxygens (including phenoxy) is 1. The van der Waals surface area contributed by atoms with Crippen molar-refractivity contribution < 1.29 is 17.9 Å². The molecule has 3 nitrogen and oxygen atoms in total. The summed E-state index contributed by atoms with van der Waals surface area (Å²) in [5, 5.41) is 0. The molecule has 21 heavy (non-hydrogen) atoms. The normalized spacial score (nSPS) is 17.0. The maximum absolute atomic E-state index is 12.7. The molecule has 0 unspecified atom stereocenters.